The van der Waals surface area contributed by atoms with Crippen LogP contribution in [0.5, 0.6) is 0 Å². The summed E-state index contributed by atoms with van der Waals surface area (Å²) >= 11 is 0. The van der Waals surface area contributed by atoms with Gasteiger partial charge in [-0.2, -0.15) is 9.97 Å². The summed E-state index contributed by atoms with van der Waals surface area (Å²) in [5, 5.41) is 34.0. The number of allylic oxidation sites excluding steroid dienone is 3. The summed E-state index contributed by atoms with van der Waals surface area (Å²) in [7, 11) is 1.78. The van der Waals surface area contributed by atoms with Gasteiger partial charge in [-0.05, 0) is 47.5 Å². The molecule has 9 rings (SSSR count). The molecule has 6 aromatic carbocycles. The van der Waals surface area contributed by atoms with Crippen LogP contribution in [0.4, 0.5) is 0 Å². The van der Waals surface area contributed by atoms with E-state index in [9.17, 15) is 15.3 Å². The minimum atomic E-state index is -0.684. The van der Waals surface area contributed by atoms with Gasteiger partial charge in [-0.1, -0.05) is 127 Å². The van der Waals surface area contributed by atoms with Crippen LogP contribution in [0.3, 0.4) is 0 Å². The summed E-state index contributed by atoms with van der Waals surface area (Å²) in [6.07, 6.45) is 1.38. The van der Waals surface area contributed by atoms with Crippen LogP contribution < -0.4 is 0 Å². The maximum Gasteiger partial charge on any atom is 0.238 e. The van der Waals surface area contributed by atoms with Crippen LogP contribution in [-0.2, 0) is 0 Å². The smallest absolute Gasteiger partial charge is 0.238 e. The Labute approximate surface area is 317 Å². The third-order valence-corrected chi connectivity index (χ3v) is 10.1. The first kappa shape index (κ1) is 33.6. The number of benzene rings is 6. The standard InChI is InChI=1S/C46H34BN5O3/c1-28(36(47)26-40(54)41(55)27-53)31-18-8-9-20-34(31)45-48-44(29-14-4-2-5-15-29)49-46(50-45)52-37-22-12-10-19-32(37)33-24-25-39-42(43(33)52)35-21-11-13-23-38(35)51(39)30-16-6-3-7-17-30/h2-26,53-55H,1,27,47H2/b36-26+,41-40-. The zero-order valence-corrected chi connectivity index (χ0v) is 29.9. The quantitative estimate of drug-likeness (QED) is 0.0823. The molecule has 0 unspecified atom stereocenters. The lowest BCUT2D eigenvalue weighted by atomic mass is 9.83. The molecular formula is C46H34BN5O3. The molecule has 3 heterocycles. The summed E-state index contributed by atoms with van der Waals surface area (Å²) in [5.74, 6) is 0.448. The van der Waals surface area contributed by atoms with Crippen LogP contribution in [0.15, 0.2) is 175 Å². The lowest BCUT2D eigenvalue weighted by Gasteiger charge is -2.15. The van der Waals surface area contributed by atoms with Crippen molar-refractivity contribution in [2.45, 2.75) is 0 Å². The van der Waals surface area contributed by atoms with Gasteiger partial charge in [0.15, 0.2) is 23.2 Å². The molecule has 0 fully saturated rings. The predicted octanol–water partition coefficient (Wildman–Crippen LogP) is 9.25. The number of para-hydroxylation sites is 3. The third-order valence-electron chi connectivity index (χ3n) is 10.1. The highest BCUT2D eigenvalue weighted by Crippen LogP contribution is 2.42. The van der Waals surface area contributed by atoms with Gasteiger partial charge in [0, 0.05) is 38.4 Å². The Morgan fingerprint density at radius 2 is 1.24 bits per heavy atom. The van der Waals surface area contributed by atoms with Crippen molar-refractivity contribution in [2.24, 2.45) is 0 Å². The van der Waals surface area contributed by atoms with E-state index >= 15 is 0 Å². The van der Waals surface area contributed by atoms with Crippen LogP contribution >= 0.6 is 0 Å². The fourth-order valence-corrected chi connectivity index (χ4v) is 7.48. The lowest BCUT2D eigenvalue weighted by molar-refractivity contribution is 0.232. The predicted molar refractivity (Wildman–Crippen MR) is 224 cm³/mol. The van der Waals surface area contributed by atoms with Gasteiger partial charge in [0.2, 0.25) is 5.95 Å². The van der Waals surface area contributed by atoms with E-state index < -0.39 is 18.1 Å². The molecule has 0 aliphatic rings. The molecule has 8 nitrogen and oxygen atoms in total. The van der Waals surface area contributed by atoms with Crippen molar-refractivity contribution in [1.29, 1.82) is 0 Å². The van der Waals surface area contributed by atoms with Crippen molar-refractivity contribution >= 4 is 57.0 Å². The van der Waals surface area contributed by atoms with Gasteiger partial charge >= 0.3 is 0 Å². The molecule has 0 spiro atoms. The summed E-state index contributed by atoms with van der Waals surface area (Å²) in [4.78, 5) is 15.6. The summed E-state index contributed by atoms with van der Waals surface area (Å²) in [6.45, 7) is 3.67. The van der Waals surface area contributed by atoms with Crippen LogP contribution in [-0.4, -0.2) is 53.9 Å². The van der Waals surface area contributed by atoms with Gasteiger partial charge in [0.1, 0.15) is 14.5 Å². The van der Waals surface area contributed by atoms with E-state index in [4.69, 9.17) is 15.0 Å². The molecule has 0 saturated heterocycles. The van der Waals surface area contributed by atoms with Gasteiger partial charge in [0.25, 0.3) is 0 Å². The molecule has 3 N–H and O–H groups in total. The molecule has 0 saturated carbocycles. The van der Waals surface area contributed by atoms with Crippen LogP contribution in [0.1, 0.15) is 5.56 Å². The molecule has 9 heteroatoms. The second kappa shape index (κ2) is 13.6. The maximum atomic E-state index is 10.4. The number of rotatable bonds is 8. The molecule has 264 valence electrons. The first-order valence-electron chi connectivity index (χ1n) is 17.9. The zero-order chi connectivity index (χ0) is 37.6. The van der Waals surface area contributed by atoms with Gasteiger partial charge in [-0.15, -0.1) is 0 Å². The van der Waals surface area contributed by atoms with Crippen LogP contribution in [0.25, 0.3) is 83.6 Å². The van der Waals surface area contributed by atoms with Crippen molar-refractivity contribution in [2.75, 3.05) is 6.61 Å². The summed E-state index contributed by atoms with van der Waals surface area (Å²) < 4.78 is 4.47. The molecule has 0 aliphatic carbocycles. The largest absolute Gasteiger partial charge is 0.506 e. The third kappa shape index (κ3) is 5.65. The molecule has 0 bridgehead atoms. The van der Waals surface area contributed by atoms with E-state index in [0.717, 1.165) is 60.4 Å². The van der Waals surface area contributed by atoms with E-state index in [2.05, 4.69) is 94.6 Å². The Morgan fingerprint density at radius 1 is 0.618 bits per heavy atom. The summed E-state index contributed by atoms with van der Waals surface area (Å²) in [5.41, 5.74) is 8.63. The number of hydrogen-bond acceptors (Lipinski definition) is 6. The van der Waals surface area contributed by atoms with Crippen molar-refractivity contribution in [3.8, 4) is 34.4 Å². The Hall–Kier alpha value is -7.23. The number of aliphatic hydroxyl groups is 3. The Morgan fingerprint density at radius 3 is 1.98 bits per heavy atom. The minimum absolute atomic E-state index is 0.432. The van der Waals surface area contributed by atoms with Gasteiger partial charge in [0.05, 0.1) is 22.1 Å². The highest BCUT2D eigenvalue weighted by molar-refractivity contribution is 6.30. The van der Waals surface area contributed by atoms with Gasteiger partial charge in [-0.3, -0.25) is 4.57 Å². The number of fused-ring (bicyclic) bond motifs is 7. The Bertz CT molecular complexity index is 3020. The maximum absolute atomic E-state index is 10.4. The second-order valence-electron chi connectivity index (χ2n) is 13.4. The van der Waals surface area contributed by atoms with E-state index in [1.807, 2.05) is 66.7 Å². The monoisotopic (exact) mass is 715 g/mol. The molecule has 0 atom stereocenters. The van der Waals surface area contributed by atoms with Crippen molar-refractivity contribution in [3.05, 3.63) is 181 Å². The molecule has 55 heavy (non-hydrogen) atoms. The molecule has 0 radical (unpaired) electrons. The highest BCUT2D eigenvalue weighted by Gasteiger charge is 2.23. The zero-order valence-electron chi connectivity index (χ0n) is 29.9. The number of nitrogens with zero attached hydrogens (tertiary/aromatic N) is 5. The van der Waals surface area contributed by atoms with Crippen molar-refractivity contribution < 1.29 is 15.3 Å². The minimum Gasteiger partial charge on any atom is -0.506 e. The van der Waals surface area contributed by atoms with Crippen LogP contribution in [0, 0.1) is 0 Å². The highest BCUT2D eigenvalue weighted by atomic mass is 16.3. The van der Waals surface area contributed by atoms with Gasteiger partial charge in [-0.25, -0.2) is 4.98 Å². The average Bonchev–Trinajstić information content (AvgIpc) is 3.76. The fourth-order valence-electron chi connectivity index (χ4n) is 7.48. The average molecular weight is 716 g/mol. The van der Waals surface area contributed by atoms with E-state index in [1.165, 1.54) is 6.08 Å². The second-order valence-corrected chi connectivity index (χ2v) is 13.4. The SMILES string of the molecule is B/C(=C/C(O)=C(/O)CO)C(=C)c1ccccc1-c1nc(-c2ccccc2)nc(-n2c3ccccc3c3ccc4c(c5ccccc5n4-c4ccccc4)c32)n1. The molecule has 0 amide bonds. The molecule has 0 aliphatic heterocycles. The Kier molecular flexibility index (Phi) is 8.33. The Balaban J connectivity index is 1.36. The normalized spacial score (nSPS) is 12.5. The lowest BCUT2D eigenvalue weighted by Crippen LogP contribution is -2.07. The summed E-state index contributed by atoms with van der Waals surface area (Å²) in [6, 6.07) is 49.2. The van der Waals surface area contributed by atoms with Crippen LogP contribution in [0.2, 0.25) is 0 Å². The number of hydrogen-bond donors (Lipinski definition) is 3. The first-order valence-corrected chi connectivity index (χ1v) is 17.9. The van der Waals surface area contributed by atoms with Crippen molar-refractivity contribution in [3.63, 3.8) is 0 Å². The van der Waals surface area contributed by atoms with E-state index in [1.54, 1.807) is 7.85 Å². The molecular weight excluding hydrogens is 681 g/mol. The van der Waals surface area contributed by atoms with Crippen molar-refractivity contribution in [1.82, 2.24) is 24.1 Å². The number of aromatic nitrogens is 5. The molecule has 3 aromatic heterocycles. The van der Waals surface area contributed by atoms with Gasteiger partial charge < -0.3 is 19.9 Å². The molecule has 9 aromatic rings. The fraction of sp³-hybridized carbons (Fsp3) is 0.0217. The first-order chi connectivity index (χ1) is 26.9. The van der Waals surface area contributed by atoms with E-state index in [0.29, 0.717) is 34.2 Å². The topological polar surface area (TPSA) is 109 Å². The number of aliphatic hydroxyl groups excluding tert-OH is 3. The van der Waals surface area contributed by atoms with E-state index in [-0.39, 0.29) is 0 Å².